The Balaban J connectivity index is 2.04. The third-order valence-corrected chi connectivity index (χ3v) is 6.05. The van der Waals surface area contributed by atoms with Gasteiger partial charge in [0.1, 0.15) is 0 Å². The molecule has 0 N–H and O–H groups in total. The summed E-state index contributed by atoms with van der Waals surface area (Å²) in [5.41, 5.74) is 2.72. The molecule has 0 saturated carbocycles. The van der Waals surface area contributed by atoms with E-state index in [0.717, 1.165) is 10.4 Å². The first-order valence-electron chi connectivity index (χ1n) is 8.45. The van der Waals surface area contributed by atoms with Gasteiger partial charge >= 0.3 is 0 Å². The number of nitrogens with zero attached hydrogens (tertiary/aromatic N) is 1. The van der Waals surface area contributed by atoms with Crippen molar-refractivity contribution in [3.8, 4) is 0 Å². The second kappa shape index (κ2) is 7.31. The van der Waals surface area contributed by atoms with Crippen LogP contribution in [-0.2, 0) is 0 Å². The van der Waals surface area contributed by atoms with Gasteiger partial charge in [0.05, 0.1) is 11.4 Å². The zero-order valence-corrected chi connectivity index (χ0v) is 16.5. The monoisotopic (exact) mass is 389 g/mol. The summed E-state index contributed by atoms with van der Waals surface area (Å²) in [7, 11) is 0. The predicted molar refractivity (Wildman–Crippen MR) is 105 cm³/mol. The molecule has 0 amide bonds. The Labute approximate surface area is 152 Å². The van der Waals surface area contributed by atoms with Crippen LogP contribution in [0.15, 0.2) is 56.7 Å². The van der Waals surface area contributed by atoms with E-state index in [4.69, 9.17) is 0 Å². The second-order valence-corrected chi connectivity index (χ2v) is 8.58. The summed E-state index contributed by atoms with van der Waals surface area (Å²) in [4.78, 5) is 5.29. The highest BCUT2D eigenvalue weighted by molar-refractivity contribution is 9.10. The molecule has 122 valence electrons. The Hall–Kier alpha value is -0.930. The molecule has 0 bridgehead atoms. The summed E-state index contributed by atoms with van der Waals surface area (Å²) in [6.07, 6.45) is 3.68. The maximum Gasteiger partial charge on any atom is 0.0556 e. The van der Waals surface area contributed by atoms with E-state index in [0.29, 0.717) is 6.04 Å². The molecule has 1 aliphatic heterocycles. The molecule has 1 atom stereocenters. The van der Waals surface area contributed by atoms with E-state index in [2.05, 4.69) is 84.1 Å². The number of halogens is 1. The topological polar surface area (TPSA) is 3.24 Å². The Morgan fingerprint density at radius 1 is 1.00 bits per heavy atom. The molecule has 0 spiro atoms. The fraction of sp³-hybridized carbons (Fsp3) is 0.400. The van der Waals surface area contributed by atoms with Crippen LogP contribution < -0.4 is 4.90 Å². The molecule has 0 radical (unpaired) electrons. The quantitative estimate of drug-likeness (QED) is 0.528. The van der Waals surface area contributed by atoms with E-state index >= 15 is 0 Å². The van der Waals surface area contributed by atoms with Gasteiger partial charge in [0.25, 0.3) is 0 Å². The van der Waals surface area contributed by atoms with Crippen molar-refractivity contribution in [2.24, 2.45) is 5.92 Å². The number of anilines is 2. The Kier molecular flexibility index (Phi) is 5.38. The summed E-state index contributed by atoms with van der Waals surface area (Å²) in [6, 6.07) is 16.0. The van der Waals surface area contributed by atoms with Gasteiger partial charge in [0, 0.05) is 20.3 Å². The van der Waals surface area contributed by atoms with Crippen LogP contribution in [-0.4, -0.2) is 6.04 Å². The summed E-state index contributed by atoms with van der Waals surface area (Å²) in [6.45, 7) is 6.95. The van der Waals surface area contributed by atoms with Crippen LogP contribution in [0.25, 0.3) is 0 Å². The smallest absolute Gasteiger partial charge is 0.0556 e. The highest BCUT2D eigenvalue weighted by Crippen LogP contribution is 2.50. The van der Waals surface area contributed by atoms with Crippen molar-refractivity contribution in [2.75, 3.05) is 4.90 Å². The molecule has 1 nitrogen and oxygen atoms in total. The van der Waals surface area contributed by atoms with Gasteiger partial charge in [-0.2, -0.15) is 0 Å². The molecule has 2 aromatic rings. The average molecular weight is 390 g/mol. The zero-order chi connectivity index (χ0) is 16.4. The van der Waals surface area contributed by atoms with Crippen molar-refractivity contribution in [1.82, 2.24) is 0 Å². The van der Waals surface area contributed by atoms with Crippen molar-refractivity contribution in [3.63, 3.8) is 0 Å². The van der Waals surface area contributed by atoms with E-state index in [-0.39, 0.29) is 0 Å². The highest BCUT2D eigenvalue weighted by atomic mass is 79.9. The van der Waals surface area contributed by atoms with Gasteiger partial charge in [-0.15, -0.1) is 0 Å². The Bertz CT molecular complexity index is 683. The van der Waals surface area contributed by atoms with Crippen LogP contribution in [0.3, 0.4) is 0 Å². The first-order valence-corrected chi connectivity index (χ1v) is 10.1. The fourth-order valence-corrected chi connectivity index (χ4v) is 4.82. The maximum absolute atomic E-state index is 3.62. The van der Waals surface area contributed by atoms with E-state index in [1.165, 1.54) is 40.4 Å². The van der Waals surface area contributed by atoms with Crippen molar-refractivity contribution < 1.29 is 0 Å². The summed E-state index contributed by atoms with van der Waals surface area (Å²) in [5, 5.41) is 0. The first-order chi connectivity index (χ1) is 11.1. The third kappa shape index (κ3) is 3.61. The van der Waals surface area contributed by atoms with Crippen molar-refractivity contribution in [3.05, 3.63) is 46.9 Å². The van der Waals surface area contributed by atoms with Gasteiger partial charge in [-0.3, -0.25) is 0 Å². The molecule has 0 saturated heterocycles. The number of fused-ring (bicyclic) bond motifs is 2. The molecule has 1 aliphatic rings. The van der Waals surface area contributed by atoms with Crippen LogP contribution in [0.4, 0.5) is 11.4 Å². The molecule has 23 heavy (non-hydrogen) atoms. The number of rotatable bonds is 5. The summed E-state index contributed by atoms with van der Waals surface area (Å²) >= 11 is 5.50. The van der Waals surface area contributed by atoms with Crippen molar-refractivity contribution >= 4 is 39.1 Å². The van der Waals surface area contributed by atoms with E-state index in [1.54, 1.807) is 0 Å². The number of hydrogen-bond donors (Lipinski definition) is 0. The minimum atomic E-state index is 0.555. The SMILES string of the molecule is CCC(CCC(C)C)N1c2ccccc2Sc2cc(Br)ccc21. The molecular weight excluding hydrogens is 366 g/mol. The van der Waals surface area contributed by atoms with Crippen LogP contribution >= 0.6 is 27.7 Å². The van der Waals surface area contributed by atoms with E-state index < -0.39 is 0 Å². The number of para-hydroxylation sites is 1. The second-order valence-electron chi connectivity index (χ2n) is 6.59. The first kappa shape index (κ1) is 16.9. The maximum atomic E-state index is 3.62. The average Bonchev–Trinajstić information content (AvgIpc) is 2.54. The lowest BCUT2D eigenvalue weighted by molar-refractivity contribution is 0.481. The number of hydrogen-bond acceptors (Lipinski definition) is 2. The van der Waals surface area contributed by atoms with Gasteiger partial charge < -0.3 is 4.90 Å². The van der Waals surface area contributed by atoms with Crippen LogP contribution in [0.5, 0.6) is 0 Å². The molecule has 3 heteroatoms. The zero-order valence-electron chi connectivity index (χ0n) is 14.1. The predicted octanol–water partition coefficient (Wildman–Crippen LogP) is 7.27. The minimum Gasteiger partial charge on any atom is -0.337 e. The number of benzene rings is 2. The van der Waals surface area contributed by atoms with Crippen LogP contribution in [0.1, 0.15) is 40.0 Å². The molecular formula is C20H24BrNS. The van der Waals surface area contributed by atoms with Crippen LogP contribution in [0.2, 0.25) is 0 Å². The lowest BCUT2D eigenvalue weighted by Crippen LogP contribution is -2.33. The Morgan fingerprint density at radius 3 is 2.48 bits per heavy atom. The van der Waals surface area contributed by atoms with Crippen molar-refractivity contribution in [1.29, 1.82) is 0 Å². The standard InChI is InChI=1S/C20H24BrNS/c1-4-16(11-9-14(2)3)22-17-7-5-6-8-19(17)23-20-13-15(21)10-12-18(20)22/h5-8,10,12-14,16H,4,9,11H2,1-3H3. The van der Waals surface area contributed by atoms with Gasteiger partial charge in [0.2, 0.25) is 0 Å². The normalized spacial score (nSPS) is 14.6. The van der Waals surface area contributed by atoms with Gasteiger partial charge in [-0.25, -0.2) is 0 Å². The summed E-state index contributed by atoms with van der Waals surface area (Å²) < 4.78 is 1.15. The minimum absolute atomic E-state index is 0.555. The largest absolute Gasteiger partial charge is 0.337 e. The molecule has 1 heterocycles. The van der Waals surface area contributed by atoms with Gasteiger partial charge in [-0.1, -0.05) is 60.6 Å². The van der Waals surface area contributed by atoms with Gasteiger partial charge in [-0.05, 0) is 55.5 Å². The third-order valence-electron chi connectivity index (χ3n) is 4.44. The van der Waals surface area contributed by atoms with Crippen LogP contribution in [0, 0.1) is 5.92 Å². The summed E-state index contributed by atoms with van der Waals surface area (Å²) in [5.74, 6) is 0.753. The van der Waals surface area contributed by atoms with E-state index in [9.17, 15) is 0 Å². The molecule has 0 aromatic heterocycles. The van der Waals surface area contributed by atoms with Gasteiger partial charge in [0.15, 0.2) is 0 Å². The lowest BCUT2D eigenvalue weighted by atomic mass is 9.99. The molecule has 2 aromatic carbocycles. The lowest BCUT2D eigenvalue weighted by Gasteiger charge is -2.39. The molecule has 1 unspecified atom stereocenters. The molecule has 0 fully saturated rings. The van der Waals surface area contributed by atoms with E-state index in [1.807, 2.05) is 11.8 Å². The molecule has 3 rings (SSSR count). The fourth-order valence-electron chi connectivity index (χ4n) is 3.19. The molecule has 0 aliphatic carbocycles. The Morgan fingerprint density at radius 2 is 1.74 bits per heavy atom. The van der Waals surface area contributed by atoms with Crippen molar-refractivity contribution in [2.45, 2.75) is 55.9 Å². The highest BCUT2D eigenvalue weighted by Gasteiger charge is 2.28.